The summed E-state index contributed by atoms with van der Waals surface area (Å²) in [4.78, 5) is 24.6. The van der Waals surface area contributed by atoms with E-state index in [1.807, 2.05) is 0 Å². The van der Waals surface area contributed by atoms with Gasteiger partial charge in [0.05, 0.1) is 20.3 Å². The van der Waals surface area contributed by atoms with Gasteiger partial charge >= 0.3 is 11.9 Å². The molecule has 1 atom stereocenters. The molecule has 11 heteroatoms. The molecule has 0 saturated heterocycles. The van der Waals surface area contributed by atoms with Gasteiger partial charge in [-0.1, -0.05) is 0 Å². The highest BCUT2D eigenvalue weighted by Crippen LogP contribution is 2.41. The molecule has 11 nitrogen and oxygen atoms in total. The molecule has 1 unspecified atom stereocenters. The van der Waals surface area contributed by atoms with Crippen molar-refractivity contribution >= 4 is 23.5 Å². The van der Waals surface area contributed by atoms with Gasteiger partial charge in [0.1, 0.15) is 11.6 Å². The van der Waals surface area contributed by atoms with Gasteiger partial charge in [0.25, 0.3) is 0 Å². The molecule has 0 amide bonds. The molecule has 0 saturated carbocycles. The van der Waals surface area contributed by atoms with E-state index in [1.54, 1.807) is 49.7 Å². The van der Waals surface area contributed by atoms with Crippen LogP contribution in [0.1, 0.15) is 44.9 Å². The maximum absolute atomic E-state index is 12.9. The monoisotopic (exact) mass is 489 g/mol. The fourth-order valence-corrected chi connectivity index (χ4v) is 3.07. The van der Waals surface area contributed by atoms with E-state index in [2.05, 4.69) is 5.32 Å². The highest BCUT2D eigenvalue weighted by molar-refractivity contribution is 5.95. The van der Waals surface area contributed by atoms with Crippen molar-refractivity contribution in [2.75, 3.05) is 25.6 Å². The molecule has 2 aromatic carbocycles. The second kappa shape index (κ2) is 11.9. The molecular weight excluding hydrogens is 458 g/mol. The van der Waals surface area contributed by atoms with Crippen LogP contribution in [0.25, 0.3) is 0 Å². The Morgan fingerprint density at radius 1 is 1.03 bits per heavy atom. The van der Waals surface area contributed by atoms with Gasteiger partial charge in [0.15, 0.2) is 23.1 Å². The van der Waals surface area contributed by atoms with Crippen LogP contribution in [0.15, 0.2) is 36.4 Å². The van der Waals surface area contributed by atoms with Crippen molar-refractivity contribution in [3.8, 4) is 17.2 Å². The summed E-state index contributed by atoms with van der Waals surface area (Å²) >= 11 is 0. The van der Waals surface area contributed by atoms with Crippen LogP contribution in [0.3, 0.4) is 0 Å². The van der Waals surface area contributed by atoms with Crippen LogP contribution >= 0.6 is 0 Å². The minimum atomic E-state index is -1.62. The molecule has 0 spiro atoms. The van der Waals surface area contributed by atoms with Gasteiger partial charge in [-0.2, -0.15) is 0 Å². The summed E-state index contributed by atoms with van der Waals surface area (Å²) < 4.78 is 22.2. The van der Waals surface area contributed by atoms with E-state index >= 15 is 0 Å². The highest BCUT2D eigenvalue weighted by Gasteiger charge is 2.34. The molecule has 35 heavy (non-hydrogen) atoms. The fraction of sp³-hybridized carbons (Fsp3) is 0.375. The Balaban J connectivity index is 2.63. The quantitative estimate of drug-likeness (QED) is 0.129. The first kappa shape index (κ1) is 27.3. The maximum atomic E-state index is 12.9. The Kier molecular flexibility index (Phi) is 9.29. The lowest BCUT2D eigenvalue weighted by Gasteiger charge is -2.27. The third-order valence-corrected chi connectivity index (χ3v) is 4.90. The molecule has 0 aliphatic carbocycles. The summed E-state index contributed by atoms with van der Waals surface area (Å²) in [6.45, 7) is 7.01. The lowest BCUT2D eigenvalue weighted by atomic mass is 10.0. The van der Waals surface area contributed by atoms with Gasteiger partial charge in [-0.05, 0) is 58.0 Å². The topological polar surface area (TPSA) is 159 Å². The van der Waals surface area contributed by atoms with Crippen LogP contribution < -0.4 is 25.0 Å². The second-order valence-corrected chi connectivity index (χ2v) is 7.78. The number of hydroxylamine groups is 1. The molecule has 0 fully saturated rings. The molecular formula is C24H31N3O8. The van der Waals surface area contributed by atoms with Crippen LogP contribution in [-0.2, 0) is 14.3 Å². The average molecular weight is 490 g/mol. The van der Waals surface area contributed by atoms with Crippen LogP contribution in [-0.4, -0.2) is 54.0 Å². The summed E-state index contributed by atoms with van der Waals surface area (Å²) in [7, 11) is 1.23. The van der Waals surface area contributed by atoms with Crippen LogP contribution in [0.4, 0.5) is 5.69 Å². The number of ether oxygens (including phenoxy) is 4. The molecule has 2 rings (SSSR count). The molecule has 2 aromatic rings. The first-order valence-corrected chi connectivity index (χ1v) is 10.9. The molecule has 5 N–H and O–H groups in total. The largest absolute Gasteiger partial charge is 0.490 e. The normalized spacial score (nSPS) is 11.7. The Morgan fingerprint density at radius 2 is 1.60 bits per heavy atom. The Morgan fingerprint density at radius 3 is 2.09 bits per heavy atom. The second-order valence-electron chi connectivity index (χ2n) is 7.78. The number of aliphatic carboxylic acids is 1. The van der Waals surface area contributed by atoms with Gasteiger partial charge in [-0.15, -0.1) is 0 Å². The average Bonchev–Trinajstić information content (AvgIpc) is 2.83. The maximum Gasteiger partial charge on any atom is 0.347 e. The number of carboxylic acid groups (broad SMARTS) is 1. The van der Waals surface area contributed by atoms with Crippen LogP contribution in [0.2, 0.25) is 0 Å². The number of amidine groups is 1. The summed E-state index contributed by atoms with van der Waals surface area (Å²) in [6, 6.07) is 8.28. The summed E-state index contributed by atoms with van der Waals surface area (Å²) in [5, 5.41) is 29.2. The molecule has 0 radical (unpaired) electrons. The number of hydrogen-bond donors (Lipinski definition) is 5. The zero-order chi connectivity index (χ0) is 26.2. The predicted octanol–water partition coefficient (Wildman–Crippen LogP) is 3.36. The fourth-order valence-electron chi connectivity index (χ4n) is 3.07. The van der Waals surface area contributed by atoms with E-state index in [9.17, 15) is 14.7 Å². The standard InChI is InChI=1S/C24H31N3O8/c1-6-33-18-12-16(17(13-19(18)34-7-2)35-24(3,4)23(29)30)20(22(28)32-5)26-15-10-8-14(9-11-15)21(25)27-31/h8-13,20,26,31H,6-7H2,1-5H3,(H2,25,27)(H,29,30). The van der Waals surface area contributed by atoms with E-state index in [-0.39, 0.29) is 17.1 Å². The SMILES string of the molecule is CCOc1cc(OC(C)(C)C(=O)O)c(C(Nc2ccc(C(=N)NO)cc2)C(=O)OC)cc1OCC. The molecule has 0 heterocycles. The Hall–Kier alpha value is -3.99. The lowest BCUT2D eigenvalue weighted by Crippen LogP contribution is -2.38. The van der Waals surface area contributed by atoms with Crippen LogP contribution in [0, 0.1) is 5.41 Å². The molecule has 0 aliphatic heterocycles. The number of carbonyl (C=O) groups is 2. The smallest absolute Gasteiger partial charge is 0.347 e. The number of carboxylic acids is 1. The Bertz CT molecular complexity index is 1050. The number of methoxy groups -OCH3 is 1. The number of carbonyl (C=O) groups excluding carboxylic acids is 1. The van der Waals surface area contributed by atoms with E-state index in [0.29, 0.717) is 36.0 Å². The summed E-state index contributed by atoms with van der Waals surface area (Å²) in [5.74, 6) is -1.29. The lowest BCUT2D eigenvalue weighted by molar-refractivity contribution is -0.152. The van der Waals surface area contributed by atoms with Crippen molar-refractivity contribution < 1.29 is 38.9 Å². The molecule has 0 aromatic heterocycles. The number of anilines is 1. The first-order valence-electron chi connectivity index (χ1n) is 10.9. The first-order chi connectivity index (χ1) is 16.6. The number of hydrogen-bond acceptors (Lipinski definition) is 9. The van der Waals surface area contributed by atoms with Gasteiger partial charge in [-0.25, -0.2) is 9.59 Å². The van der Waals surface area contributed by atoms with Crippen molar-refractivity contribution in [1.82, 2.24) is 5.48 Å². The van der Waals surface area contributed by atoms with Crippen molar-refractivity contribution in [3.05, 3.63) is 47.5 Å². The van der Waals surface area contributed by atoms with Crippen molar-refractivity contribution in [2.45, 2.75) is 39.3 Å². The van der Waals surface area contributed by atoms with E-state index in [0.717, 1.165) is 0 Å². The number of rotatable bonds is 12. The minimum Gasteiger partial charge on any atom is -0.490 e. The van der Waals surface area contributed by atoms with Gasteiger partial charge in [0, 0.05) is 22.9 Å². The molecule has 190 valence electrons. The highest BCUT2D eigenvalue weighted by atomic mass is 16.5. The number of benzene rings is 2. The third-order valence-electron chi connectivity index (χ3n) is 4.90. The van der Waals surface area contributed by atoms with Gasteiger partial charge in [0.2, 0.25) is 0 Å². The molecule has 0 bridgehead atoms. The summed E-state index contributed by atoms with van der Waals surface area (Å²) in [6.07, 6.45) is 0. The van der Waals surface area contributed by atoms with E-state index in [1.165, 1.54) is 27.0 Å². The molecule has 0 aliphatic rings. The zero-order valence-corrected chi connectivity index (χ0v) is 20.3. The van der Waals surface area contributed by atoms with E-state index < -0.39 is 23.6 Å². The zero-order valence-electron chi connectivity index (χ0n) is 20.3. The van der Waals surface area contributed by atoms with Crippen molar-refractivity contribution in [2.24, 2.45) is 0 Å². The number of nitrogens with one attached hydrogen (secondary N) is 3. The van der Waals surface area contributed by atoms with Crippen molar-refractivity contribution in [3.63, 3.8) is 0 Å². The Labute approximate surface area is 203 Å². The third kappa shape index (κ3) is 6.76. The van der Waals surface area contributed by atoms with E-state index in [4.69, 9.17) is 29.6 Å². The van der Waals surface area contributed by atoms with Crippen molar-refractivity contribution in [1.29, 1.82) is 5.41 Å². The van der Waals surface area contributed by atoms with Gasteiger partial charge < -0.3 is 29.4 Å². The van der Waals surface area contributed by atoms with Crippen LogP contribution in [0.5, 0.6) is 17.2 Å². The number of esters is 1. The predicted molar refractivity (Wildman–Crippen MR) is 128 cm³/mol. The minimum absolute atomic E-state index is 0.0927. The summed E-state index contributed by atoms with van der Waals surface area (Å²) in [5.41, 5.74) is 1.32. The van der Waals surface area contributed by atoms with Gasteiger partial charge in [-0.3, -0.25) is 16.1 Å².